The minimum atomic E-state index is -0.645. The molecule has 1 aromatic carbocycles. The average Bonchev–Trinajstić information content (AvgIpc) is 3.38. The van der Waals surface area contributed by atoms with Crippen LogP contribution in [0.5, 0.6) is 0 Å². The largest absolute Gasteiger partial charge is 0.457 e. The molecule has 0 bridgehead atoms. The molecule has 1 amide bonds. The maximum atomic E-state index is 13.1. The van der Waals surface area contributed by atoms with Gasteiger partial charge < -0.3 is 9.73 Å². The van der Waals surface area contributed by atoms with Crippen molar-refractivity contribution in [2.45, 2.75) is 40.7 Å². The molecule has 0 aliphatic carbocycles. The molecule has 9 nitrogen and oxygen atoms in total. The van der Waals surface area contributed by atoms with Gasteiger partial charge in [0.05, 0.1) is 9.46 Å². The molecule has 35 heavy (non-hydrogen) atoms. The highest BCUT2D eigenvalue weighted by molar-refractivity contribution is 7.07. The summed E-state index contributed by atoms with van der Waals surface area (Å²) in [5.41, 5.74) is -0.591. The van der Waals surface area contributed by atoms with Crippen LogP contribution in [-0.2, 0) is 16.1 Å². The first-order valence-corrected chi connectivity index (χ1v) is 11.9. The number of aromatic nitrogens is 1. The molecule has 0 aliphatic heterocycles. The second-order valence-corrected chi connectivity index (χ2v) is 10.0. The van der Waals surface area contributed by atoms with E-state index in [0.717, 1.165) is 17.8 Å². The van der Waals surface area contributed by atoms with Crippen LogP contribution < -0.4 is 20.1 Å². The topological polar surface area (TPSA) is 124 Å². The van der Waals surface area contributed by atoms with Gasteiger partial charge in [0.2, 0.25) is 5.91 Å². The quantitative estimate of drug-likeness (QED) is 0.377. The van der Waals surface area contributed by atoms with Crippen molar-refractivity contribution in [1.82, 2.24) is 9.88 Å². The van der Waals surface area contributed by atoms with Crippen molar-refractivity contribution in [2.75, 3.05) is 6.54 Å². The van der Waals surface area contributed by atoms with E-state index < -0.39 is 15.9 Å². The number of furan rings is 1. The van der Waals surface area contributed by atoms with Crippen LogP contribution in [0.4, 0.5) is 5.69 Å². The standard InChI is InChI=1S/C25H27N3O6S/c1-5-11-26-22(30)15-27-23(14-21(29)25(2,3)4)35-20(24(27)31)13-18-9-10-19(34-18)16-7-6-8-17(12-16)28(32)33/h6-10,12-14H,5,11,15H2,1-4H3,(H,26,30)/b20-13-,23-14-. The number of nitro groups is 1. The summed E-state index contributed by atoms with van der Waals surface area (Å²) in [5, 5.41) is 13.8. The van der Waals surface area contributed by atoms with E-state index in [1.54, 1.807) is 45.0 Å². The Balaban J connectivity index is 2.05. The van der Waals surface area contributed by atoms with Gasteiger partial charge in [0.1, 0.15) is 22.7 Å². The third-order valence-electron chi connectivity index (χ3n) is 5.05. The maximum Gasteiger partial charge on any atom is 0.270 e. The minimum absolute atomic E-state index is 0.0596. The smallest absolute Gasteiger partial charge is 0.270 e. The number of carbonyl (C=O) groups excluding carboxylic acids is 2. The van der Waals surface area contributed by atoms with Crippen LogP contribution in [0.2, 0.25) is 0 Å². The molecule has 0 unspecified atom stereocenters. The maximum absolute atomic E-state index is 13.1. The van der Waals surface area contributed by atoms with Gasteiger partial charge in [-0.1, -0.05) is 39.8 Å². The molecule has 0 atom stereocenters. The molecule has 0 spiro atoms. The van der Waals surface area contributed by atoms with Crippen molar-refractivity contribution in [3.8, 4) is 11.3 Å². The highest BCUT2D eigenvalue weighted by Crippen LogP contribution is 2.26. The number of amides is 1. The number of hydrogen-bond donors (Lipinski definition) is 1. The zero-order chi connectivity index (χ0) is 25.8. The molecule has 2 aromatic heterocycles. The number of Topliss-reactive ketones (excluding diaryl/α,β-unsaturated/α-hetero) is 1. The van der Waals surface area contributed by atoms with E-state index in [1.165, 1.54) is 28.9 Å². The second-order valence-electron chi connectivity index (χ2n) is 8.96. The Morgan fingerprint density at radius 1 is 1.23 bits per heavy atom. The first-order chi connectivity index (χ1) is 16.5. The summed E-state index contributed by atoms with van der Waals surface area (Å²) in [7, 11) is 0. The summed E-state index contributed by atoms with van der Waals surface area (Å²) in [4.78, 5) is 48.7. The monoisotopic (exact) mass is 497 g/mol. The van der Waals surface area contributed by atoms with Crippen LogP contribution in [0.15, 0.2) is 45.6 Å². The normalized spacial score (nSPS) is 12.7. The molecule has 3 aromatic rings. The number of carbonyl (C=O) groups is 2. The van der Waals surface area contributed by atoms with E-state index in [-0.39, 0.29) is 23.9 Å². The lowest BCUT2D eigenvalue weighted by atomic mass is 9.91. The van der Waals surface area contributed by atoms with E-state index in [1.807, 2.05) is 6.92 Å². The van der Waals surface area contributed by atoms with Crippen molar-refractivity contribution >= 4 is 40.9 Å². The third-order valence-corrected chi connectivity index (χ3v) is 6.11. The van der Waals surface area contributed by atoms with E-state index in [0.29, 0.717) is 32.8 Å². The Kier molecular flexibility index (Phi) is 7.85. The first kappa shape index (κ1) is 25.8. The summed E-state index contributed by atoms with van der Waals surface area (Å²) in [6.45, 7) is 7.55. The van der Waals surface area contributed by atoms with Crippen LogP contribution in [-0.4, -0.2) is 27.7 Å². The number of hydrogen-bond acceptors (Lipinski definition) is 7. The Morgan fingerprint density at radius 3 is 2.63 bits per heavy atom. The summed E-state index contributed by atoms with van der Waals surface area (Å²) >= 11 is 1.09. The molecule has 0 saturated carbocycles. The van der Waals surface area contributed by atoms with Crippen molar-refractivity contribution in [3.05, 3.63) is 71.8 Å². The Hall–Kier alpha value is -3.79. The van der Waals surface area contributed by atoms with Gasteiger partial charge in [-0.25, -0.2) is 0 Å². The molecular formula is C25H27N3O6S. The van der Waals surface area contributed by atoms with Gasteiger partial charge in [-0.15, -0.1) is 11.3 Å². The number of ketones is 1. The van der Waals surface area contributed by atoms with Crippen molar-refractivity contribution in [1.29, 1.82) is 0 Å². The van der Waals surface area contributed by atoms with Crippen molar-refractivity contribution in [3.63, 3.8) is 0 Å². The number of nitrogens with zero attached hydrogens (tertiary/aromatic N) is 2. The van der Waals surface area contributed by atoms with Gasteiger partial charge in [0.15, 0.2) is 5.78 Å². The first-order valence-electron chi connectivity index (χ1n) is 11.1. The third kappa shape index (κ3) is 6.42. The average molecular weight is 498 g/mol. The number of thiazole rings is 1. The molecule has 184 valence electrons. The molecule has 0 radical (unpaired) electrons. The van der Waals surface area contributed by atoms with Crippen LogP contribution >= 0.6 is 11.3 Å². The molecule has 2 heterocycles. The number of non-ortho nitro benzene ring substituents is 1. The zero-order valence-electron chi connectivity index (χ0n) is 20.0. The molecule has 1 N–H and O–H groups in total. The molecule has 0 aliphatic rings. The molecular weight excluding hydrogens is 470 g/mol. The van der Waals surface area contributed by atoms with E-state index in [9.17, 15) is 24.5 Å². The van der Waals surface area contributed by atoms with E-state index in [2.05, 4.69) is 5.32 Å². The number of rotatable bonds is 8. The van der Waals surface area contributed by atoms with Gasteiger partial charge in [-0.05, 0) is 18.6 Å². The lowest BCUT2D eigenvalue weighted by Gasteiger charge is -2.12. The fraction of sp³-hybridized carbons (Fsp3) is 0.320. The zero-order valence-corrected chi connectivity index (χ0v) is 20.8. The molecule has 0 fully saturated rings. The molecule has 10 heteroatoms. The number of nitrogens with one attached hydrogen (secondary N) is 1. The lowest BCUT2D eigenvalue weighted by molar-refractivity contribution is -0.384. The Bertz CT molecular complexity index is 1440. The molecule has 0 saturated heterocycles. The number of benzene rings is 1. The van der Waals surface area contributed by atoms with Crippen LogP contribution in [0.25, 0.3) is 23.5 Å². The second kappa shape index (κ2) is 10.6. The van der Waals surface area contributed by atoms with Gasteiger partial charge >= 0.3 is 0 Å². The predicted octanol–water partition coefficient (Wildman–Crippen LogP) is 2.83. The van der Waals surface area contributed by atoms with Crippen molar-refractivity contribution < 1.29 is 18.9 Å². The van der Waals surface area contributed by atoms with Crippen LogP contribution in [0.3, 0.4) is 0 Å². The fourth-order valence-corrected chi connectivity index (χ4v) is 4.09. The SMILES string of the molecule is CCCNC(=O)Cn1c(=O)/c(=C/c2ccc(-c3cccc([N+](=O)[O-])c3)o2)s/c1=C\C(=O)C(C)(C)C. The summed E-state index contributed by atoms with van der Waals surface area (Å²) < 4.78 is 7.76. The Morgan fingerprint density at radius 2 is 1.97 bits per heavy atom. The summed E-state index contributed by atoms with van der Waals surface area (Å²) in [6, 6.07) is 9.35. The van der Waals surface area contributed by atoms with Crippen LogP contribution in [0.1, 0.15) is 39.9 Å². The number of nitro benzene ring substituents is 1. The van der Waals surface area contributed by atoms with Crippen LogP contribution in [0, 0.1) is 15.5 Å². The minimum Gasteiger partial charge on any atom is -0.457 e. The molecule has 3 rings (SSSR count). The Labute approximate surface area is 205 Å². The highest BCUT2D eigenvalue weighted by Gasteiger charge is 2.20. The van der Waals surface area contributed by atoms with E-state index in [4.69, 9.17) is 4.42 Å². The van der Waals surface area contributed by atoms with Gasteiger partial charge in [-0.3, -0.25) is 29.1 Å². The highest BCUT2D eigenvalue weighted by atomic mass is 32.1. The summed E-state index contributed by atoms with van der Waals surface area (Å²) in [6.07, 6.45) is 3.69. The predicted molar refractivity (Wildman–Crippen MR) is 134 cm³/mol. The van der Waals surface area contributed by atoms with Gasteiger partial charge in [-0.2, -0.15) is 0 Å². The summed E-state index contributed by atoms with van der Waals surface area (Å²) in [5.74, 6) is 0.285. The van der Waals surface area contributed by atoms with E-state index >= 15 is 0 Å². The fourth-order valence-electron chi connectivity index (χ4n) is 3.07. The lowest BCUT2D eigenvalue weighted by Crippen LogP contribution is -2.38. The van der Waals surface area contributed by atoms with Gasteiger partial charge in [0, 0.05) is 41.8 Å². The van der Waals surface area contributed by atoms with Crippen molar-refractivity contribution in [2.24, 2.45) is 5.41 Å². The van der Waals surface area contributed by atoms with Gasteiger partial charge in [0.25, 0.3) is 11.2 Å².